The maximum atomic E-state index is 12.6. The van der Waals surface area contributed by atoms with E-state index in [9.17, 15) is 14.9 Å². The first kappa shape index (κ1) is 17.9. The van der Waals surface area contributed by atoms with Crippen LogP contribution in [0, 0.1) is 10.1 Å². The van der Waals surface area contributed by atoms with Crippen molar-refractivity contribution < 1.29 is 14.1 Å². The monoisotopic (exact) mass is 382 g/mol. The van der Waals surface area contributed by atoms with Gasteiger partial charge in [-0.2, -0.15) is 0 Å². The van der Waals surface area contributed by atoms with Gasteiger partial charge in [0.2, 0.25) is 0 Å². The topological polar surface area (TPSA) is 114 Å². The summed E-state index contributed by atoms with van der Waals surface area (Å²) in [4.78, 5) is 32.6. The number of rotatable bonds is 5. The molecule has 0 fully saturated rings. The van der Waals surface area contributed by atoms with Gasteiger partial charge in [0.1, 0.15) is 5.75 Å². The molecule has 9 nitrogen and oxygen atoms in total. The van der Waals surface area contributed by atoms with Crippen LogP contribution in [0.3, 0.4) is 0 Å². The Kier molecular flexibility index (Phi) is 4.66. The van der Waals surface area contributed by atoms with Crippen LogP contribution < -0.4 is 10.3 Å². The van der Waals surface area contributed by atoms with Crippen LogP contribution in [0.15, 0.2) is 45.8 Å². The molecule has 0 amide bonds. The Balaban J connectivity index is 1.59. The van der Waals surface area contributed by atoms with Crippen molar-refractivity contribution in [2.75, 3.05) is 13.7 Å². The SMILES string of the molecule is COc1ccc([N+](=O)[O-])cc1CN1CCc2nc(-c3ccco3)[nH]c(=O)c2C1. The third kappa shape index (κ3) is 3.39. The van der Waals surface area contributed by atoms with Crippen molar-refractivity contribution >= 4 is 5.69 Å². The fourth-order valence-electron chi connectivity index (χ4n) is 3.39. The van der Waals surface area contributed by atoms with Gasteiger partial charge >= 0.3 is 0 Å². The standard InChI is InChI=1S/C19H18N4O5/c1-27-16-5-4-13(23(25)26)9-12(16)10-22-7-6-15-14(11-22)19(24)21-18(20-15)17-3-2-8-28-17/h2-5,8-9H,6-7,10-11H2,1H3,(H,20,21,24). The lowest BCUT2D eigenvalue weighted by Crippen LogP contribution is -2.35. The highest BCUT2D eigenvalue weighted by atomic mass is 16.6. The van der Waals surface area contributed by atoms with Crippen LogP contribution >= 0.6 is 0 Å². The smallest absolute Gasteiger partial charge is 0.270 e. The highest BCUT2D eigenvalue weighted by Gasteiger charge is 2.23. The summed E-state index contributed by atoms with van der Waals surface area (Å²) in [6, 6.07) is 8.00. The Morgan fingerprint density at radius 3 is 2.96 bits per heavy atom. The molecule has 144 valence electrons. The Bertz CT molecular complexity index is 1070. The zero-order chi connectivity index (χ0) is 19.7. The predicted molar refractivity (Wildman–Crippen MR) is 100 cm³/mol. The highest BCUT2D eigenvalue weighted by Crippen LogP contribution is 2.27. The van der Waals surface area contributed by atoms with Crippen LogP contribution in [-0.2, 0) is 19.5 Å². The average Bonchev–Trinajstić information content (AvgIpc) is 3.23. The number of hydrogen-bond acceptors (Lipinski definition) is 7. The number of hydrogen-bond donors (Lipinski definition) is 1. The molecule has 3 aromatic rings. The molecule has 2 aromatic heterocycles. The number of nitrogens with zero attached hydrogens (tertiary/aromatic N) is 3. The molecule has 1 aromatic carbocycles. The zero-order valence-electron chi connectivity index (χ0n) is 15.2. The minimum absolute atomic E-state index is 0.0100. The molecule has 1 N–H and O–H groups in total. The van der Waals surface area contributed by atoms with E-state index in [0.29, 0.717) is 54.5 Å². The summed E-state index contributed by atoms with van der Waals surface area (Å²) in [6.45, 7) is 1.51. The molecule has 0 atom stereocenters. The Labute approximate surface area is 159 Å². The largest absolute Gasteiger partial charge is 0.496 e. The number of nitro groups is 1. The van der Waals surface area contributed by atoms with Gasteiger partial charge in [0.15, 0.2) is 11.6 Å². The van der Waals surface area contributed by atoms with Crippen molar-refractivity contribution in [3.8, 4) is 17.3 Å². The summed E-state index contributed by atoms with van der Waals surface area (Å²) in [7, 11) is 1.53. The van der Waals surface area contributed by atoms with Gasteiger partial charge in [0.05, 0.1) is 29.6 Å². The number of aromatic amines is 1. The minimum Gasteiger partial charge on any atom is -0.496 e. The molecule has 1 aliphatic rings. The number of methoxy groups -OCH3 is 1. The number of nitrogens with one attached hydrogen (secondary N) is 1. The zero-order valence-corrected chi connectivity index (χ0v) is 15.2. The highest BCUT2D eigenvalue weighted by molar-refractivity contribution is 5.47. The van der Waals surface area contributed by atoms with Gasteiger partial charge in [-0.05, 0) is 18.2 Å². The number of H-pyrrole nitrogens is 1. The molecule has 0 unspecified atom stereocenters. The van der Waals surface area contributed by atoms with Gasteiger partial charge in [-0.1, -0.05) is 0 Å². The summed E-state index contributed by atoms with van der Waals surface area (Å²) < 4.78 is 10.6. The van der Waals surface area contributed by atoms with Gasteiger partial charge in [-0.25, -0.2) is 4.98 Å². The third-order valence-electron chi connectivity index (χ3n) is 4.77. The first-order valence-electron chi connectivity index (χ1n) is 8.75. The normalized spacial score (nSPS) is 13.9. The first-order chi connectivity index (χ1) is 13.5. The van der Waals surface area contributed by atoms with Gasteiger partial charge in [-0.3, -0.25) is 19.8 Å². The minimum atomic E-state index is -0.431. The molecule has 0 radical (unpaired) electrons. The van der Waals surface area contributed by atoms with E-state index in [2.05, 4.69) is 9.97 Å². The molecule has 0 saturated carbocycles. The van der Waals surface area contributed by atoms with Crippen molar-refractivity contribution in [1.82, 2.24) is 14.9 Å². The Morgan fingerprint density at radius 2 is 2.25 bits per heavy atom. The molecule has 0 saturated heterocycles. The number of benzene rings is 1. The lowest BCUT2D eigenvalue weighted by atomic mass is 10.1. The molecule has 0 spiro atoms. The Hall–Kier alpha value is -3.46. The van der Waals surface area contributed by atoms with E-state index in [0.717, 1.165) is 5.69 Å². The Morgan fingerprint density at radius 1 is 1.39 bits per heavy atom. The number of nitro benzene ring substituents is 1. The number of ether oxygens (including phenoxy) is 1. The summed E-state index contributed by atoms with van der Waals surface area (Å²) >= 11 is 0. The van der Waals surface area contributed by atoms with E-state index < -0.39 is 4.92 Å². The van der Waals surface area contributed by atoms with Crippen LogP contribution in [0.2, 0.25) is 0 Å². The van der Waals surface area contributed by atoms with Crippen molar-refractivity contribution in [3.63, 3.8) is 0 Å². The van der Waals surface area contributed by atoms with Crippen molar-refractivity contribution in [2.45, 2.75) is 19.5 Å². The van der Waals surface area contributed by atoms with Crippen molar-refractivity contribution in [3.05, 3.63) is 73.9 Å². The van der Waals surface area contributed by atoms with E-state index >= 15 is 0 Å². The molecule has 0 bridgehead atoms. The fraction of sp³-hybridized carbons (Fsp3) is 0.263. The van der Waals surface area contributed by atoms with E-state index in [-0.39, 0.29) is 11.2 Å². The van der Waals surface area contributed by atoms with Crippen LogP contribution in [0.1, 0.15) is 16.8 Å². The van der Waals surface area contributed by atoms with E-state index in [1.165, 1.54) is 25.5 Å². The summed E-state index contributed by atoms with van der Waals surface area (Å²) in [5.41, 5.74) is 1.86. The lowest BCUT2D eigenvalue weighted by molar-refractivity contribution is -0.385. The number of non-ortho nitro benzene ring substituents is 1. The first-order valence-corrected chi connectivity index (χ1v) is 8.75. The fourth-order valence-corrected chi connectivity index (χ4v) is 3.39. The molecule has 0 aliphatic carbocycles. The molecule has 9 heteroatoms. The van der Waals surface area contributed by atoms with Crippen molar-refractivity contribution in [2.24, 2.45) is 0 Å². The van der Waals surface area contributed by atoms with E-state index in [1.54, 1.807) is 18.2 Å². The third-order valence-corrected chi connectivity index (χ3v) is 4.77. The number of aromatic nitrogens is 2. The van der Waals surface area contributed by atoms with Gasteiger partial charge in [-0.15, -0.1) is 0 Å². The predicted octanol–water partition coefficient (Wildman–Crippen LogP) is 2.50. The molecule has 1 aliphatic heterocycles. The summed E-state index contributed by atoms with van der Waals surface area (Å²) in [6.07, 6.45) is 2.13. The lowest BCUT2D eigenvalue weighted by Gasteiger charge is -2.28. The second kappa shape index (κ2) is 7.28. The second-order valence-electron chi connectivity index (χ2n) is 6.53. The average molecular weight is 382 g/mol. The summed E-state index contributed by atoms with van der Waals surface area (Å²) in [5.74, 6) is 1.52. The molecule has 3 heterocycles. The second-order valence-corrected chi connectivity index (χ2v) is 6.53. The molecule has 4 rings (SSSR count). The van der Waals surface area contributed by atoms with Crippen LogP contribution in [0.25, 0.3) is 11.6 Å². The van der Waals surface area contributed by atoms with Gasteiger partial charge in [0.25, 0.3) is 11.2 Å². The molecule has 28 heavy (non-hydrogen) atoms. The summed E-state index contributed by atoms with van der Waals surface area (Å²) in [5, 5.41) is 11.1. The van der Waals surface area contributed by atoms with Gasteiger partial charge < -0.3 is 14.1 Å². The quantitative estimate of drug-likeness (QED) is 0.532. The van der Waals surface area contributed by atoms with Gasteiger partial charge in [0, 0.05) is 43.8 Å². The van der Waals surface area contributed by atoms with Crippen LogP contribution in [0.4, 0.5) is 5.69 Å². The molecular weight excluding hydrogens is 364 g/mol. The van der Waals surface area contributed by atoms with Crippen LogP contribution in [-0.4, -0.2) is 33.4 Å². The maximum Gasteiger partial charge on any atom is 0.270 e. The maximum absolute atomic E-state index is 12.6. The van der Waals surface area contributed by atoms with Crippen molar-refractivity contribution in [1.29, 1.82) is 0 Å². The molecular formula is C19H18N4O5. The van der Waals surface area contributed by atoms with E-state index in [4.69, 9.17) is 9.15 Å². The van der Waals surface area contributed by atoms with E-state index in [1.807, 2.05) is 4.90 Å². The number of furan rings is 1. The van der Waals surface area contributed by atoms with Crippen LogP contribution in [0.5, 0.6) is 5.75 Å². The number of fused-ring (bicyclic) bond motifs is 1.